The van der Waals surface area contributed by atoms with Gasteiger partial charge in [0.15, 0.2) is 5.82 Å². The summed E-state index contributed by atoms with van der Waals surface area (Å²) in [5, 5.41) is 17.1. The van der Waals surface area contributed by atoms with Gasteiger partial charge in [0.25, 0.3) is 0 Å². The van der Waals surface area contributed by atoms with E-state index in [1.54, 1.807) is 18.0 Å². The number of rotatable bonds is 8. The molecule has 6 N–H and O–H groups in total. The number of methoxy groups -OCH3 is 1. The number of hydrogen-bond donors (Lipinski definition) is 4. The lowest BCUT2D eigenvalue weighted by atomic mass is 10.1. The SMILES string of the molecule is CCCC(N)Nc1nc(N)nc2cnn(Cc3cc(CO)ccc3OC)c12. The Morgan fingerprint density at radius 3 is 2.85 bits per heavy atom. The molecule has 0 fully saturated rings. The minimum absolute atomic E-state index is 0.0465. The van der Waals surface area contributed by atoms with Gasteiger partial charge in [0.1, 0.15) is 16.8 Å². The lowest BCUT2D eigenvalue weighted by Gasteiger charge is -2.16. The number of hydrogen-bond acceptors (Lipinski definition) is 8. The van der Waals surface area contributed by atoms with E-state index < -0.39 is 0 Å². The molecule has 0 aliphatic carbocycles. The van der Waals surface area contributed by atoms with Crippen molar-refractivity contribution in [2.75, 3.05) is 18.2 Å². The van der Waals surface area contributed by atoms with Crippen LogP contribution in [0.3, 0.4) is 0 Å². The van der Waals surface area contributed by atoms with E-state index in [9.17, 15) is 5.11 Å². The summed E-state index contributed by atoms with van der Waals surface area (Å²) < 4.78 is 7.21. The number of aliphatic hydroxyl groups is 1. The Kier molecular flexibility index (Phi) is 5.72. The predicted molar refractivity (Wildman–Crippen MR) is 104 cm³/mol. The molecule has 0 aliphatic rings. The molecule has 0 saturated carbocycles. The van der Waals surface area contributed by atoms with Crippen LogP contribution in [0.2, 0.25) is 0 Å². The van der Waals surface area contributed by atoms with Crippen LogP contribution in [0.15, 0.2) is 24.4 Å². The smallest absolute Gasteiger partial charge is 0.222 e. The summed E-state index contributed by atoms with van der Waals surface area (Å²) >= 11 is 0. The molecule has 3 aromatic rings. The number of nitrogen functional groups attached to an aromatic ring is 1. The zero-order valence-electron chi connectivity index (χ0n) is 15.5. The number of benzene rings is 1. The van der Waals surface area contributed by atoms with Crippen molar-refractivity contribution in [2.45, 2.75) is 39.1 Å². The Bertz CT molecular complexity index is 925. The third-order valence-corrected chi connectivity index (χ3v) is 4.28. The normalized spacial score (nSPS) is 12.3. The van der Waals surface area contributed by atoms with Gasteiger partial charge in [-0.25, -0.2) is 4.98 Å². The molecule has 9 heteroatoms. The van der Waals surface area contributed by atoms with Gasteiger partial charge in [-0.15, -0.1) is 0 Å². The van der Waals surface area contributed by atoms with Gasteiger partial charge >= 0.3 is 0 Å². The number of nitrogens with one attached hydrogen (secondary N) is 1. The van der Waals surface area contributed by atoms with Gasteiger partial charge in [0, 0.05) is 5.56 Å². The molecule has 0 amide bonds. The van der Waals surface area contributed by atoms with E-state index in [-0.39, 0.29) is 18.7 Å². The van der Waals surface area contributed by atoms with Crippen LogP contribution in [0.5, 0.6) is 5.75 Å². The molecule has 0 spiro atoms. The maximum atomic E-state index is 9.43. The van der Waals surface area contributed by atoms with Crippen molar-refractivity contribution in [3.8, 4) is 5.75 Å². The van der Waals surface area contributed by atoms with E-state index in [2.05, 4.69) is 27.3 Å². The van der Waals surface area contributed by atoms with Gasteiger partial charge in [0.2, 0.25) is 5.95 Å². The minimum atomic E-state index is -0.247. The number of aromatic nitrogens is 4. The second kappa shape index (κ2) is 8.19. The first-order valence-electron chi connectivity index (χ1n) is 8.83. The molecule has 9 nitrogen and oxygen atoms in total. The van der Waals surface area contributed by atoms with Crippen LogP contribution in [-0.2, 0) is 13.2 Å². The van der Waals surface area contributed by atoms with Crippen molar-refractivity contribution in [2.24, 2.45) is 5.73 Å². The van der Waals surface area contributed by atoms with Crippen molar-refractivity contribution >= 4 is 22.8 Å². The van der Waals surface area contributed by atoms with Gasteiger partial charge in [0.05, 0.1) is 32.6 Å². The standard InChI is InChI=1S/C18H25N7O2/c1-3-4-15(19)23-17-16-13(22-18(20)24-17)8-21-25(16)9-12-7-11(10-26)5-6-14(12)27-2/h5-8,15,26H,3-4,9-10,19H2,1-2H3,(H3,20,22,23,24). The molecular weight excluding hydrogens is 346 g/mol. The van der Waals surface area contributed by atoms with Gasteiger partial charge in [-0.1, -0.05) is 19.4 Å². The third-order valence-electron chi connectivity index (χ3n) is 4.28. The Balaban J connectivity index is 2.03. The zero-order chi connectivity index (χ0) is 19.4. The first-order valence-corrected chi connectivity index (χ1v) is 8.83. The molecule has 2 heterocycles. The molecule has 1 atom stereocenters. The molecule has 0 radical (unpaired) electrons. The van der Waals surface area contributed by atoms with Gasteiger partial charge in [-0.3, -0.25) is 4.68 Å². The first-order chi connectivity index (χ1) is 13.0. The molecule has 2 aromatic heterocycles. The lowest BCUT2D eigenvalue weighted by Crippen LogP contribution is -2.30. The fourth-order valence-electron chi connectivity index (χ4n) is 3.01. The Morgan fingerprint density at radius 1 is 1.33 bits per heavy atom. The van der Waals surface area contributed by atoms with E-state index in [1.165, 1.54) is 0 Å². The first kappa shape index (κ1) is 18.9. The van der Waals surface area contributed by atoms with E-state index in [4.69, 9.17) is 16.2 Å². The summed E-state index contributed by atoms with van der Waals surface area (Å²) in [7, 11) is 1.61. The van der Waals surface area contributed by atoms with E-state index in [0.29, 0.717) is 29.1 Å². The topological polar surface area (TPSA) is 137 Å². The Labute approximate surface area is 157 Å². The third kappa shape index (κ3) is 4.09. The maximum absolute atomic E-state index is 9.43. The molecule has 0 aliphatic heterocycles. The predicted octanol–water partition coefficient (Wildman–Crippen LogP) is 1.45. The molecular formula is C18H25N7O2. The lowest BCUT2D eigenvalue weighted by molar-refractivity contribution is 0.281. The van der Waals surface area contributed by atoms with Crippen LogP contribution in [-0.4, -0.2) is 38.1 Å². The van der Waals surface area contributed by atoms with E-state index >= 15 is 0 Å². The molecule has 0 saturated heterocycles. The molecule has 1 unspecified atom stereocenters. The average molecular weight is 371 g/mol. The van der Waals surface area contributed by atoms with Crippen LogP contribution in [0.1, 0.15) is 30.9 Å². The number of aliphatic hydroxyl groups excluding tert-OH is 1. The van der Waals surface area contributed by atoms with Gasteiger partial charge < -0.3 is 26.6 Å². The Morgan fingerprint density at radius 2 is 2.15 bits per heavy atom. The van der Waals surface area contributed by atoms with Crippen LogP contribution in [0, 0.1) is 0 Å². The van der Waals surface area contributed by atoms with Crippen LogP contribution < -0.4 is 21.5 Å². The highest BCUT2D eigenvalue weighted by Gasteiger charge is 2.16. The maximum Gasteiger partial charge on any atom is 0.222 e. The number of nitrogens with two attached hydrogens (primary N) is 2. The minimum Gasteiger partial charge on any atom is -0.496 e. The largest absolute Gasteiger partial charge is 0.496 e. The summed E-state index contributed by atoms with van der Waals surface area (Å²) in [4.78, 5) is 8.58. The van der Waals surface area contributed by atoms with Crippen LogP contribution in [0.4, 0.5) is 11.8 Å². The highest BCUT2D eigenvalue weighted by atomic mass is 16.5. The van der Waals surface area contributed by atoms with Crippen molar-refractivity contribution in [3.05, 3.63) is 35.5 Å². The van der Waals surface area contributed by atoms with Gasteiger partial charge in [-0.05, 0) is 24.1 Å². The molecule has 144 valence electrons. The summed E-state index contributed by atoms with van der Waals surface area (Å²) in [5.74, 6) is 1.42. The van der Waals surface area contributed by atoms with E-state index in [0.717, 1.165) is 24.0 Å². The molecule has 0 bridgehead atoms. The second-order valence-electron chi connectivity index (χ2n) is 6.31. The summed E-state index contributed by atoms with van der Waals surface area (Å²) in [6.45, 7) is 2.44. The highest BCUT2D eigenvalue weighted by Crippen LogP contribution is 2.26. The Hall–Kier alpha value is -2.91. The van der Waals surface area contributed by atoms with Crippen molar-refractivity contribution in [1.82, 2.24) is 19.7 Å². The fraction of sp³-hybridized carbons (Fsp3) is 0.389. The highest BCUT2D eigenvalue weighted by molar-refractivity contribution is 5.86. The van der Waals surface area contributed by atoms with Crippen molar-refractivity contribution in [1.29, 1.82) is 0 Å². The van der Waals surface area contributed by atoms with Crippen molar-refractivity contribution < 1.29 is 9.84 Å². The number of anilines is 2. The second-order valence-corrected chi connectivity index (χ2v) is 6.31. The quantitative estimate of drug-likeness (QED) is 0.437. The zero-order valence-corrected chi connectivity index (χ0v) is 15.5. The van der Waals surface area contributed by atoms with E-state index in [1.807, 2.05) is 18.2 Å². The number of fused-ring (bicyclic) bond motifs is 1. The molecule has 27 heavy (non-hydrogen) atoms. The van der Waals surface area contributed by atoms with Crippen LogP contribution in [0.25, 0.3) is 11.0 Å². The fourth-order valence-corrected chi connectivity index (χ4v) is 3.01. The van der Waals surface area contributed by atoms with Crippen molar-refractivity contribution in [3.63, 3.8) is 0 Å². The monoisotopic (exact) mass is 371 g/mol. The van der Waals surface area contributed by atoms with Gasteiger partial charge in [-0.2, -0.15) is 10.1 Å². The summed E-state index contributed by atoms with van der Waals surface area (Å²) in [5.41, 5.74) is 15.0. The number of nitrogens with zero attached hydrogens (tertiary/aromatic N) is 4. The average Bonchev–Trinajstić information content (AvgIpc) is 3.04. The summed E-state index contributed by atoms with van der Waals surface area (Å²) in [6, 6.07) is 5.54. The van der Waals surface area contributed by atoms with Crippen LogP contribution >= 0.6 is 0 Å². The molecule has 3 rings (SSSR count). The number of ether oxygens (including phenoxy) is 1. The molecule has 1 aromatic carbocycles. The summed E-state index contributed by atoms with van der Waals surface area (Å²) in [6.07, 6.45) is 3.14.